The van der Waals surface area contributed by atoms with Crippen molar-refractivity contribution >= 4 is 5.78 Å². The van der Waals surface area contributed by atoms with E-state index < -0.39 is 5.78 Å². The number of Topliss-reactive ketones (excluding diaryl/α,β-unsaturated/α-hetero) is 1. The van der Waals surface area contributed by atoms with E-state index in [0.717, 1.165) is 0 Å². The van der Waals surface area contributed by atoms with Gasteiger partial charge in [0.2, 0.25) is 5.78 Å². The van der Waals surface area contributed by atoms with Crippen LogP contribution in [0.25, 0.3) is 0 Å². The van der Waals surface area contributed by atoms with Gasteiger partial charge in [-0.25, -0.2) is 5.90 Å². The van der Waals surface area contributed by atoms with Gasteiger partial charge in [0.25, 0.3) is 0 Å². The number of hydrogen-bond acceptors (Lipinski definition) is 4. The van der Waals surface area contributed by atoms with Crippen molar-refractivity contribution in [3.05, 3.63) is 0 Å². The lowest BCUT2D eigenvalue weighted by Crippen LogP contribution is -2.05. The van der Waals surface area contributed by atoms with Crippen LogP contribution in [0.2, 0.25) is 0 Å². The SMILES string of the molecule is N#CC(=O)CCON. The van der Waals surface area contributed by atoms with Crippen LogP contribution in [0.15, 0.2) is 0 Å². The Balaban J connectivity index is 3.16. The Hall–Kier alpha value is -0.920. The molecule has 0 aliphatic heterocycles. The smallest absolute Gasteiger partial charge is 0.234 e. The zero-order valence-electron chi connectivity index (χ0n) is 4.26. The minimum Gasteiger partial charge on any atom is -0.304 e. The maximum absolute atomic E-state index is 10.1. The highest BCUT2D eigenvalue weighted by Crippen LogP contribution is 1.78. The molecule has 44 valence electrons. The maximum atomic E-state index is 10.1. The zero-order chi connectivity index (χ0) is 6.41. The van der Waals surface area contributed by atoms with Gasteiger partial charge in [-0.15, -0.1) is 0 Å². The lowest BCUT2D eigenvalue weighted by Gasteiger charge is -1.87. The third kappa shape index (κ3) is 3.28. The Labute approximate surface area is 46.8 Å². The molecule has 0 radical (unpaired) electrons. The van der Waals surface area contributed by atoms with Gasteiger partial charge < -0.3 is 4.84 Å². The highest BCUT2D eigenvalue weighted by Gasteiger charge is 1.95. The van der Waals surface area contributed by atoms with Crippen molar-refractivity contribution in [2.45, 2.75) is 6.42 Å². The molecule has 0 saturated heterocycles. The van der Waals surface area contributed by atoms with Gasteiger partial charge in [-0.05, 0) is 0 Å². The minimum atomic E-state index is -0.504. The second kappa shape index (κ2) is 4.24. The predicted octanol–water partition coefficient (Wildman–Crippen LogP) is -0.641. The van der Waals surface area contributed by atoms with E-state index in [0.29, 0.717) is 0 Å². The summed E-state index contributed by atoms with van der Waals surface area (Å²) in [4.78, 5) is 14.1. The molecule has 0 aliphatic rings. The molecule has 4 heteroatoms. The lowest BCUT2D eigenvalue weighted by atomic mass is 10.3. The van der Waals surface area contributed by atoms with Crippen LogP contribution in [0, 0.1) is 11.3 Å². The topological polar surface area (TPSA) is 76.1 Å². The molecule has 2 N–H and O–H groups in total. The minimum absolute atomic E-state index is 0.0764. The fourth-order valence-electron chi connectivity index (χ4n) is 0.208. The normalized spacial score (nSPS) is 8.00. The van der Waals surface area contributed by atoms with Crippen LogP contribution in [0.4, 0.5) is 0 Å². The second-order valence-corrected chi connectivity index (χ2v) is 1.16. The first kappa shape index (κ1) is 7.08. The summed E-state index contributed by atoms with van der Waals surface area (Å²) in [6, 6.07) is 1.43. The van der Waals surface area contributed by atoms with Gasteiger partial charge in [-0.2, -0.15) is 5.26 Å². The molecule has 0 atom stereocenters. The quantitative estimate of drug-likeness (QED) is 0.391. The monoisotopic (exact) mass is 114 g/mol. The lowest BCUT2D eigenvalue weighted by molar-refractivity contribution is -0.115. The molecule has 0 aromatic rings. The summed E-state index contributed by atoms with van der Waals surface area (Å²) in [7, 11) is 0. The van der Waals surface area contributed by atoms with Crippen molar-refractivity contribution in [3.8, 4) is 6.07 Å². The first-order valence-electron chi connectivity index (χ1n) is 2.06. The van der Waals surface area contributed by atoms with Crippen molar-refractivity contribution in [1.82, 2.24) is 0 Å². The Morgan fingerprint density at radius 1 is 1.88 bits per heavy atom. The molecule has 0 aromatic carbocycles. The highest BCUT2D eigenvalue weighted by atomic mass is 16.6. The summed E-state index contributed by atoms with van der Waals surface area (Å²) < 4.78 is 0. The predicted molar refractivity (Wildman–Crippen MR) is 25.4 cm³/mol. The average molecular weight is 114 g/mol. The molecular formula is C4H6N2O2. The van der Waals surface area contributed by atoms with E-state index in [4.69, 9.17) is 5.26 Å². The number of nitrogens with zero attached hydrogens (tertiary/aromatic N) is 1. The van der Waals surface area contributed by atoms with Gasteiger partial charge in [0, 0.05) is 6.42 Å². The number of hydrogen-bond donors (Lipinski definition) is 1. The van der Waals surface area contributed by atoms with Gasteiger partial charge in [-0.1, -0.05) is 0 Å². The molecule has 0 spiro atoms. The molecule has 0 aromatic heterocycles. The fourth-order valence-corrected chi connectivity index (χ4v) is 0.208. The van der Waals surface area contributed by atoms with E-state index in [9.17, 15) is 4.79 Å². The van der Waals surface area contributed by atoms with E-state index >= 15 is 0 Å². The van der Waals surface area contributed by atoms with Crippen LogP contribution >= 0.6 is 0 Å². The zero-order valence-corrected chi connectivity index (χ0v) is 4.26. The molecule has 0 aliphatic carbocycles. The molecule has 0 unspecified atom stereocenters. The van der Waals surface area contributed by atoms with E-state index in [1.54, 1.807) is 0 Å². The van der Waals surface area contributed by atoms with E-state index in [2.05, 4.69) is 10.7 Å². The molecule has 0 saturated carbocycles. The Morgan fingerprint density at radius 3 is 2.88 bits per heavy atom. The first-order valence-corrected chi connectivity index (χ1v) is 2.06. The van der Waals surface area contributed by atoms with Crippen molar-refractivity contribution in [2.24, 2.45) is 5.90 Å². The summed E-state index contributed by atoms with van der Waals surface area (Å²) in [5.74, 6) is 4.07. The molecule has 0 amide bonds. The van der Waals surface area contributed by atoms with Crippen LogP contribution in [-0.4, -0.2) is 12.4 Å². The van der Waals surface area contributed by atoms with Gasteiger partial charge >= 0.3 is 0 Å². The molecular weight excluding hydrogens is 108 g/mol. The molecule has 0 bridgehead atoms. The van der Waals surface area contributed by atoms with Crippen LogP contribution in [0.1, 0.15) is 6.42 Å². The van der Waals surface area contributed by atoms with E-state index in [1.165, 1.54) is 6.07 Å². The fraction of sp³-hybridized carbons (Fsp3) is 0.500. The number of rotatable bonds is 3. The molecule has 0 heterocycles. The van der Waals surface area contributed by atoms with Gasteiger partial charge in [0.1, 0.15) is 6.07 Å². The van der Waals surface area contributed by atoms with Crippen molar-refractivity contribution in [3.63, 3.8) is 0 Å². The molecule has 0 fully saturated rings. The molecule has 4 nitrogen and oxygen atoms in total. The number of nitrogens with two attached hydrogens (primary N) is 1. The van der Waals surface area contributed by atoms with Crippen molar-refractivity contribution < 1.29 is 9.63 Å². The highest BCUT2D eigenvalue weighted by molar-refractivity contribution is 5.93. The number of carbonyl (C=O) groups excluding carboxylic acids is 1. The van der Waals surface area contributed by atoms with Crippen LogP contribution in [0.5, 0.6) is 0 Å². The average Bonchev–Trinajstić information content (AvgIpc) is 1.83. The van der Waals surface area contributed by atoms with Gasteiger partial charge in [0.15, 0.2) is 0 Å². The summed E-state index contributed by atoms with van der Waals surface area (Å²) in [6.07, 6.45) is 0.0764. The summed E-state index contributed by atoms with van der Waals surface area (Å²) in [6.45, 7) is 0.117. The van der Waals surface area contributed by atoms with Crippen molar-refractivity contribution in [2.75, 3.05) is 6.61 Å². The van der Waals surface area contributed by atoms with Gasteiger partial charge in [-0.3, -0.25) is 4.79 Å². The first-order chi connectivity index (χ1) is 3.81. The third-order valence-electron chi connectivity index (χ3n) is 0.572. The van der Waals surface area contributed by atoms with Gasteiger partial charge in [0.05, 0.1) is 6.61 Å². The summed E-state index contributed by atoms with van der Waals surface area (Å²) >= 11 is 0. The second-order valence-electron chi connectivity index (χ2n) is 1.16. The largest absolute Gasteiger partial charge is 0.304 e. The van der Waals surface area contributed by atoms with E-state index in [-0.39, 0.29) is 13.0 Å². The number of ketones is 1. The maximum Gasteiger partial charge on any atom is 0.234 e. The van der Waals surface area contributed by atoms with E-state index in [1.807, 2.05) is 0 Å². The summed E-state index contributed by atoms with van der Waals surface area (Å²) in [5.41, 5.74) is 0. The number of nitriles is 1. The van der Waals surface area contributed by atoms with Crippen LogP contribution in [-0.2, 0) is 9.63 Å². The molecule has 0 rings (SSSR count). The Morgan fingerprint density at radius 2 is 2.50 bits per heavy atom. The van der Waals surface area contributed by atoms with Crippen molar-refractivity contribution in [1.29, 1.82) is 5.26 Å². The summed E-state index contributed by atoms with van der Waals surface area (Å²) in [5, 5.41) is 7.87. The standard InChI is InChI=1S/C4H6N2O2/c5-3-4(7)1-2-8-6/h1-2,6H2. The Bertz CT molecular complexity index is 116. The third-order valence-corrected chi connectivity index (χ3v) is 0.572. The Kier molecular flexibility index (Phi) is 3.76. The number of carbonyl (C=O) groups is 1. The van der Waals surface area contributed by atoms with Crippen LogP contribution < -0.4 is 5.90 Å². The molecule has 8 heavy (non-hydrogen) atoms. The van der Waals surface area contributed by atoms with Crippen LogP contribution in [0.3, 0.4) is 0 Å².